The molecular weight excluding hydrogens is 152 g/mol. The molecule has 0 aromatic heterocycles. The van der Waals surface area contributed by atoms with Gasteiger partial charge in [0.1, 0.15) is 8.24 Å². The van der Waals surface area contributed by atoms with Crippen LogP contribution in [0.1, 0.15) is 6.92 Å². The van der Waals surface area contributed by atoms with Gasteiger partial charge in [0.25, 0.3) is 0 Å². The summed E-state index contributed by atoms with van der Waals surface area (Å²) in [4.78, 5) is 0. The second-order valence-electron chi connectivity index (χ2n) is 4.42. The van der Waals surface area contributed by atoms with Crippen molar-refractivity contribution >= 4 is 8.24 Å². The molecule has 0 aliphatic carbocycles. The summed E-state index contributed by atoms with van der Waals surface area (Å²) < 4.78 is 2.70. The van der Waals surface area contributed by atoms with Gasteiger partial charge in [-0.1, -0.05) is 19.6 Å². The van der Waals surface area contributed by atoms with Crippen LogP contribution in [0.2, 0.25) is 19.6 Å². The Hall–Kier alpha value is 0.137. The van der Waals surface area contributed by atoms with Crippen molar-refractivity contribution in [3.63, 3.8) is 0 Å². The van der Waals surface area contributed by atoms with Crippen LogP contribution < -0.4 is 5.32 Å². The van der Waals surface area contributed by atoms with E-state index in [2.05, 4.69) is 36.4 Å². The van der Waals surface area contributed by atoms with Gasteiger partial charge in [0.2, 0.25) is 0 Å². The van der Waals surface area contributed by atoms with Gasteiger partial charge in [0, 0.05) is 25.7 Å². The molecule has 66 valence electrons. The van der Waals surface area contributed by atoms with Crippen LogP contribution in [0.4, 0.5) is 0 Å². The van der Waals surface area contributed by atoms with E-state index in [1.807, 2.05) is 0 Å². The third kappa shape index (κ3) is 2.29. The first kappa shape index (κ1) is 9.23. The van der Waals surface area contributed by atoms with Gasteiger partial charge in [-0.25, -0.2) is 0 Å². The van der Waals surface area contributed by atoms with Crippen LogP contribution in [0.3, 0.4) is 0 Å². The fraction of sp³-hybridized carbons (Fsp3) is 1.00. The zero-order valence-electron chi connectivity index (χ0n) is 8.15. The van der Waals surface area contributed by atoms with Gasteiger partial charge in [-0.15, -0.1) is 0 Å². The fourth-order valence-corrected chi connectivity index (χ4v) is 4.03. The molecule has 1 fully saturated rings. The maximum Gasteiger partial charge on any atom is 0.119 e. The van der Waals surface area contributed by atoms with E-state index in [4.69, 9.17) is 0 Å². The fourth-order valence-electron chi connectivity index (χ4n) is 1.84. The second-order valence-corrected chi connectivity index (χ2v) is 9.33. The van der Waals surface area contributed by atoms with Gasteiger partial charge in [0.05, 0.1) is 0 Å². The van der Waals surface area contributed by atoms with Crippen LogP contribution in [0.5, 0.6) is 0 Å². The molecule has 0 bridgehead atoms. The van der Waals surface area contributed by atoms with Crippen molar-refractivity contribution < 1.29 is 0 Å². The molecule has 0 radical (unpaired) electrons. The zero-order valence-corrected chi connectivity index (χ0v) is 9.15. The minimum atomic E-state index is -1.03. The van der Waals surface area contributed by atoms with Crippen molar-refractivity contribution in [2.45, 2.75) is 32.6 Å². The quantitative estimate of drug-likeness (QED) is 0.596. The monoisotopic (exact) mass is 172 g/mol. The molecule has 0 spiro atoms. The van der Waals surface area contributed by atoms with Crippen LogP contribution in [0, 0.1) is 0 Å². The average Bonchev–Trinajstić information content (AvgIpc) is 1.86. The number of rotatable bonds is 1. The number of hydrogen-bond donors (Lipinski definition) is 1. The third-order valence-electron chi connectivity index (χ3n) is 2.36. The molecule has 11 heavy (non-hydrogen) atoms. The first-order valence-electron chi connectivity index (χ1n) is 4.49. The maximum atomic E-state index is 3.42. The summed E-state index contributed by atoms with van der Waals surface area (Å²) in [5, 5.41) is 3.42. The Morgan fingerprint density at radius 1 is 1.36 bits per heavy atom. The third-order valence-corrected chi connectivity index (χ3v) is 4.75. The lowest BCUT2D eigenvalue weighted by molar-refractivity contribution is 0.278. The first-order chi connectivity index (χ1) is 5.02. The lowest BCUT2D eigenvalue weighted by Gasteiger charge is -2.42. The average molecular weight is 172 g/mol. The maximum absolute atomic E-state index is 3.42. The van der Waals surface area contributed by atoms with Crippen molar-refractivity contribution in [1.82, 2.24) is 9.88 Å². The lowest BCUT2D eigenvalue weighted by Crippen LogP contribution is -2.59. The summed E-state index contributed by atoms with van der Waals surface area (Å²) in [6, 6.07) is 0.746. The summed E-state index contributed by atoms with van der Waals surface area (Å²) in [5.41, 5.74) is 0. The van der Waals surface area contributed by atoms with Crippen molar-refractivity contribution in [3.8, 4) is 0 Å². The molecule has 1 aliphatic heterocycles. The number of hydrogen-bond acceptors (Lipinski definition) is 2. The molecule has 1 aliphatic rings. The van der Waals surface area contributed by atoms with Crippen LogP contribution in [-0.2, 0) is 0 Å². The molecule has 0 aromatic rings. The number of piperazine rings is 1. The van der Waals surface area contributed by atoms with Crippen molar-refractivity contribution in [2.24, 2.45) is 0 Å². The summed E-state index contributed by atoms with van der Waals surface area (Å²) >= 11 is 0. The van der Waals surface area contributed by atoms with E-state index >= 15 is 0 Å². The molecule has 1 heterocycles. The van der Waals surface area contributed by atoms with Gasteiger partial charge < -0.3 is 9.88 Å². The number of nitrogens with one attached hydrogen (secondary N) is 1. The standard InChI is InChI=1S/C8H20N2Si/c1-8-7-9-5-6-10(8)11(2,3)4/h8-9H,5-7H2,1-4H3. The lowest BCUT2D eigenvalue weighted by atomic mass is 10.3. The normalized spacial score (nSPS) is 28.9. The molecule has 1 N–H and O–H groups in total. The van der Waals surface area contributed by atoms with E-state index in [9.17, 15) is 0 Å². The predicted molar refractivity (Wildman–Crippen MR) is 52.4 cm³/mol. The first-order valence-corrected chi connectivity index (χ1v) is 7.94. The van der Waals surface area contributed by atoms with E-state index < -0.39 is 8.24 Å². The van der Waals surface area contributed by atoms with Crippen molar-refractivity contribution in [1.29, 1.82) is 0 Å². The Balaban J connectivity index is 2.55. The molecule has 3 heteroatoms. The molecular formula is C8H20N2Si. The van der Waals surface area contributed by atoms with Gasteiger partial charge in [-0.05, 0) is 6.92 Å². The highest BCUT2D eigenvalue weighted by Gasteiger charge is 2.29. The smallest absolute Gasteiger partial charge is 0.119 e. The van der Waals surface area contributed by atoms with Crippen LogP contribution in [0.25, 0.3) is 0 Å². The largest absolute Gasteiger partial charge is 0.319 e. The molecule has 2 nitrogen and oxygen atoms in total. The number of nitrogens with zero attached hydrogens (tertiary/aromatic N) is 1. The highest BCUT2D eigenvalue weighted by molar-refractivity contribution is 6.73. The Labute approximate surface area is 71.1 Å². The Kier molecular flexibility index (Phi) is 2.73. The second kappa shape index (κ2) is 3.25. The minimum absolute atomic E-state index is 0.746. The molecule has 0 saturated carbocycles. The SMILES string of the molecule is CC1CNCCN1[Si](C)(C)C. The van der Waals surface area contributed by atoms with Gasteiger partial charge in [-0.2, -0.15) is 0 Å². The molecule has 0 amide bonds. The van der Waals surface area contributed by atoms with E-state index in [0.29, 0.717) is 0 Å². The molecule has 1 saturated heterocycles. The predicted octanol–water partition coefficient (Wildman–Crippen LogP) is 1.11. The van der Waals surface area contributed by atoms with Crippen LogP contribution in [0.15, 0.2) is 0 Å². The van der Waals surface area contributed by atoms with Crippen LogP contribution in [-0.4, -0.2) is 38.5 Å². The van der Waals surface area contributed by atoms with E-state index in [0.717, 1.165) is 6.04 Å². The summed E-state index contributed by atoms with van der Waals surface area (Å²) in [6.45, 7) is 13.2. The molecule has 1 unspecified atom stereocenters. The Bertz CT molecular complexity index is 131. The summed E-state index contributed by atoms with van der Waals surface area (Å²) in [6.07, 6.45) is 0. The summed E-state index contributed by atoms with van der Waals surface area (Å²) in [5.74, 6) is 0. The molecule has 1 atom stereocenters. The summed E-state index contributed by atoms with van der Waals surface area (Å²) in [7, 11) is -1.03. The minimum Gasteiger partial charge on any atom is -0.319 e. The van der Waals surface area contributed by atoms with Crippen LogP contribution >= 0.6 is 0 Å². The van der Waals surface area contributed by atoms with E-state index in [1.165, 1.54) is 19.6 Å². The Morgan fingerprint density at radius 3 is 2.36 bits per heavy atom. The van der Waals surface area contributed by atoms with Crippen molar-refractivity contribution in [2.75, 3.05) is 19.6 Å². The highest BCUT2D eigenvalue weighted by atomic mass is 28.3. The van der Waals surface area contributed by atoms with Gasteiger partial charge in [-0.3, -0.25) is 0 Å². The topological polar surface area (TPSA) is 15.3 Å². The Morgan fingerprint density at radius 2 is 2.00 bits per heavy atom. The van der Waals surface area contributed by atoms with E-state index in [1.54, 1.807) is 0 Å². The van der Waals surface area contributed by atoms with E-state index in [-0.39, 0.29) is 0 Å². The van der Waals surface area contributed by atoms with Crippen molar-refractivity contribution in [3.05, 3.63) is 0 Å². The van der Waals surface area contributed by atoms with Gasteiger partial charge in [0.15, 0.2) is 0 Å². The van der Waals surface area contributed by atoms with Gasteiger partial charge >= 0.3 is 0 Å². The zero-order chi connectivity index (χ0) is 8.48. The highest BCUT2D eigenvalue weighted by Crippen LogP contribution is 2.14. The molecule has 1 rings (SSSR count). The molecule has 0 aromatic carbocycles.